The Labute approximate surface area is 164 Å². The van der Waals surface area contributed by atoms with Crippen molar-refractivity contribution in [2.75, 3.05) is 7.11 Å². The van der Waals surface area contributed by atoms with Gasteiger partial charge in [0, 0.05) is 16.2 Å². The molecule has 3 nitrogen and oxygen atoms in total. The van der Waals surface area contributed by atoms with Crippen molar-refractivity contribution in [1.82, 2.24) is 5.32 Å². The number of hydrogen-bond acceptors (Lipinski definition) is 3. The lowest BCUT2D eigenvalue weighted by Crippen LogP contribution is -2.27. The summed E-state index contributed by atoms with van der Waals surface area (Å²) < 4.78 is 5.41. The fourth-order valence-corrected chi connectivity index (χ4v) is 3.90. The number of para-hydroxylation sites is 1. The van der Waals surface area contributed by atoms with E-state index in [1.165, 1.54) is 5.56 Å². The maximum absolute atomic E-state index is 12.9. The Hall–Kier alpha value is -2.72. The fourth-order valence-electron chi connectivity index (χ4n) is 2.89. The van der Waals surface area contributed by atoms with Crippen molar-refractivity contribution < 1.29 is 9.53 Å². The van der Waals surface area contributed by atoms with Crippen LogP contribution < -0.4 is 10.1 Å². The summed E-state index contributed by atoms with van der Waals surface area (Å²) in [6, 6.07) is 25.6. The Kier molecular flexibility index (Phi) is 6.55. The van der Waals surface area contributed by atoms with Gasteiger partial charge in [0.2, 0.25) is 0 Å². The number of carbonyl (C=O) groups is 1. The van der Waals surface area contributed by atoms with Gasteiger partial charge in [0.1, 0.15) is 5.75 Å². The molecule has 0 saturated carbocycles. The second-order valence-electron chi connectivity index (χ2n) is 6.21. The van der Waals surface area contributed by atoms with E-state index in [0.717, 1.165) is 22.0 Å². The minimum absolute atomic E-state index is 0.0791. The largest absolute Gasteiger partial charge is 0.496 e. The average molecular weight is 378 g/mol. The van der Waals surface area contributed by atoms with Crippen LogP contribution in [0, 0.1) is 0 Å². The van der Waals surface area contributed by atoms with E-state index in [0.29, 0.717) is 5.56 Å². The van der Waals surface area contributed by atoms with E-state index in [2.05, 4.69) is 17.4 Å². The van der Waals surface area contributed by atoms with Crippen molar-refractivity contribution in [3.05, 3.63) is 95.6 Å². The number of carbonyl (C=O) groups excluding carboxylic acids is 1. The van der Waals surface area contributed by atoms with Gasteiger partial charge in [-0.2, -0.15) is 0 Å². The second kappa shape index (κ2) is 9.28. The van der Waals surface area contributed by atoms with Crippen molar-refractivity contribution in [3.63, 3.8) is 0 Å². The standard InChI is InChI=1S/C23H23NO2S/c1-17(19-12-6-8-14-21(19)26-2)24-23(25)20-13-7-9-15-22(20)27-16-18-10-4-3-5-11-18/h3-15,17H,16H2,1-2H3,(H,24,25)/t17-/m1/s1. The third-order valence-corrected chi connectivity index (χ3v) is 5.47. The van der Waals surface area contributed by atoms with Gasteiger partial charge in [-0.3, -0.25) is 4.79 Å². The summed E-state index contributed by atoms with van der Waals surface area (Å²) in [4.78, 5) is 13.9. The van der Waals surface area contributed by atoms with Gasteiger partial charge in [-0.15, -0.1) is 11.8 Å². The third kappa shape index (κ3) is 4.92. The lowest BCUT2D eigenvalue weighted by Gasteiger charge is -2.18. The molecular formula is C23H23NO2S. The highest BCUT2D eigenvalue weighted by atomic mass is 32.2. The van der Waals surface area contributed by atoms with E-state index >= 15 is 0 Å². The molecule has 1 atom stereocenters. The molecule has 0 aliphatic carbocycles. The predicted octanol–water partition coefficient (Wildman–Crippen LogP) is 5.48. The molecule has 0 heterocycles. The maximum atomic E-state index is 12.9. The summed E-state index contributed by atoms with van der Waals surface area (Å²) in [7, 11) is 1.64. The lowest BCUT2D eigenvalue weighted by molar-refractivity contribution is 0.0936. The first kappa shape index (κ1) is 19.1. The van der Waals surface area contributed by atoms with Gasteiger partial charge in [-0.1, -0.05) is 60.7 Å². The summed E-state index contributed by atoms with van der Waals surface area (Å²) in [5.74, 6) is 1.52. The monoisotopic (exact) mass is 377 g/mol. The van der Waals surface area contributed by atoms with Crippen LogP contribution in [-0.4, -0.2) is 13.0 Å². The molecule has 0 aliphatic rings. The molecule has 138 valence electrons. The number of methoxy groups -OCH3 is 1. The van der Waals surface area contributed by atoms with E-state index < -0.39 is 0 Å². The molecule has 1 N–H and O–H groups in total. The van der Waals surface area contributed by atoms with Crippen LogP contribution in [0.1, 0.15) is 34.5 Å². The number of thioether (sulfide) groups is 1. The molecule has 0 spiro atoms. The number of nitrogens with one attached hydrogen (secondary N) is 1. The molecule has 0 fully saturated rings. The SMILES string of the molecule is COc1ccccc1[C@@H](C)NC(=O)c1ccccc1SCc1ccccc1. The Morgan fingerprint density at radius 3 is 2.41 bits per heavy atom. The highest BCUT2D eigenvalue weighted by molar-refractivity contribution is 7.98. The third-order valence-electron chi connectivity index (χ3n) is 4.32. The lowest BCUT2D eigenvalue weighted by atomic mass is 10.1. The first-order chi connectivity index (χ1) is 13.2. The van der Waals surface area contributed by atoms with Crippen LogP contribution in [0.2, 0.25) is 0 Å². The Morgan fingerprint density at radius 2 is 1.63 bits per heavy atom. The summed E-state index contributed by atoms with van der Waals surface area (Å²) >= 11 is 1.67. The van der Waals surface area contributed by atoms with Crippen LogP contribution in [0.25, 0.3) is 0 Å². The van der Waals surface area contributed by atoms with Crippen LogP contribution in [0.3, 0.4) is 0 Å². The van der Waals surface area contributed by atoms with Crippen LogP contribution in [0.15, 0.2) is 83.8 Å². The van der Waals surface area contributed by atoms with Gasteiger partial charge < -0.3 is 10.1 Å². The molecule has 1 amide bonds. The summed E-state index contributed by atoms with van der Waals surface area (Å²) in [6.45, 7) is 1.97. The maximum Gasteiger partial charge on any atom is 0.252 e. The predicted molar refractivity (Wildman–Crippen MR) is 111 cm³/mol. The number of hydrogen-bond donors (Lipinski definition) is 1. The molecule has 3 aromatic carbocycles. The molecule has 3 aromatic rings. The smallest absolute Gasteiger partial charge is 0.252 e. The van der Waals surface area contributed by atoms with Crippen LogP contribution in [0.4, 0.5) is 0 Å². The quantitative estimate of drug-likeness (QED) is 0.554. The molecular weight excluding hydrogens is 354 g/mol. The van der Waals surface area contributed by atoms with E-state index in [4.69, 9.17) is 4.74 Å². The van der Waals surface area contributed by atoms with E-state index in [-0.39, 0.29) is 11.9 Å². The minimum atomic E-state index is -0.152. The first-order valence-corrected chi connectivity index (χ1v) is 9.87. The molecule has 0 aromatic heterocycles. The van der Waals surface area contributed by atoms with E-state index in [9.17, 15) is 4.79 Å². The summed E-state index contributed by atoms with van der Waals surface area (Å²) in [6.07, 6.45) is 0. The van der Waals surface area contributed by atoms with Gasteiger partial charge in [0.15, 0.2) is 0 Å². The molecule has 0 unspecified atom stereocenters. The average Bonchev–Trinajstić information content (AvgIpc) is 2.73. The van der Waals surface area contributed by atoms with Crippen molar-refractivity contribution in [2.45, 2.75) is 23.6 Å². The van der Waals surface area contributed by atoms with Crippen molar-refractivity contribution in [1.29, 1.82) is 0 Å². The van der Waals surface area contributed by atoms with E-state index in [1.54, 1.807) is 18.9 Å². The van der Waals surface area contributed by atoms with Crippen LogP contribution in [0.5, 0.6) is 5.75 Å². The fraction of sp³-hybridized carbons (Fsp3) is 0.174. The van der Waals surface area contributed by atoms with Gasteiger partial charge in [0.25, 0.3) is 5.91 Å². The number of ether oxygens (including phenoxy) is 1. The Balaban J connectivity index is 1.73. The Morgan fingerprint density at radius 1 is 0.963 bits per heavy atom. The topological polar surface area (TPSA) is 38.3 Å². The minimum Gasteiger partial charge on any atom is -0.496 e. The highest BCUT2D eigenvalue weighted by Crippen LogP contribution is 2.28. The number of benzene rings is 3. The van der Waals surface area contributed by atoms with E-state index in [1.807, 2.05) is 73.7 Å². The molecule has 0 radical (unpaired) electrons. The zero-order chi connectivity index (χ0) is 19.1. The van der Waals surface area contributed by atoms with Crippen molar-refractivity contribution >= 4 is 17.7 Å². The normalized spacial score (nSPS) is 11.6. The van der Waals surface area contributed by atoms with Crippen molar-refractivity contribution in [2.24, 2.45) is 0 Å². The van der Waals surface area contributed by atoms with Gasteiger partial charge >= 0.3 is 0 Å². The molecule has 3 rings (SSSR count). The van der Waals surface area contributed by atoms with Crippen LogP contribution in [-0.2, 0) is 5.75 Å². The summed E-state index contributed by atoms with van der Waals surface area (Å²) in [5.41, 5.74) is 2.89. The zero-order valence-electron chi connectivity index (χ0n) is 15.5. The molecule has 0 bridgehead atoms. The number of amides is 1. The molecule has 27 heavy (non-hydrogen) atoms. The molecule has 0 saturated heterocycles. The van der Waals surface area contributed by atoms with Gasteiger partial charge in [-0.05, 0) is 30.7 Å². The molecule has 4 heteroatoms. The van der Waals surface area contributed by atoms with Crippen LogP contribution >= 0.6 is 11.8 Å². The first-order valence-electron chi connectivity index (χ1n) is 8.88. The van der Waals surface area contributed by atoms with Gasteiger partial charge in [0.05, 0.1) is 18.7 Å². The second-order valence-corrected chi connectivity index (χ2v) is 7.22. The zero-order valence-corrected chi connectivity index (χ0v) is 16.3. The summed E-state index contributed by atoms with van der Waals surface area (Å²) in [5, 5.41) is 3.09. The highest BCUT2D eigenvalue weighted by Gasteiger charge is 2.17. The molecule has 0 aliphatic heterocycles. The number of rotatable bonds is 7. The van der Waals surface area contributed by atoms with Gasteiger partial charge in [-0.25, -0.2) is 0 Å². The van der Waals surface area contributed by atoms with Crippen molar-refractivity contribution in [3.8, 4) is 5.75 Å². The Bertz CT molecular complexity index is 896.